The molecule has 0 heterocycles. The van der Waals surface area contributed by atoms with Crippen LogP contribution in [0.2, 0.25) is 0 Å². The molecule has 2 aliphatic rings. The molecule has 3 atom stereocenters. The minimum absolute atomic E-state index is 0.0310. The molecular formula is C24H30N2O5S. The van der Waals surface area contributed by atoms with E-state index in [9.17, 15) is 13.2 Å². The summed E-state index contributed by atoms with van der Waals surface area (Å²) in [6.07, 6.45) is 4.53. The van der Waals surface area contributed by atoms with E-state index in [1.54, 1.807) is 18.2 Å². The van der Waals surface area contributed by atoms with Crippen LogP contribution in [0.1, 0.15) is 31.2 Å². The number of hydrogen-bond acceptors (Lipinski definition) is 5. The largest absolute Gasteiger partial charge is 0.493 e. The number of benzene rings is 2. The molecule has 2 bridgehead atoms. The van der Waals surface area contributed by atoms with Gasteiger partial charge in [-0.15, -0.1) is 0 Å². The quantitative estimate of drug-likeness (QED) is 0.654. The van der Waals surface area contributed by atoms with Gasteiger partial charge < -0.3 is 14.8 Å². The Kier molecular flexibility index (Phi) is 6.33. The zero-order valence-electron chi connectivity index (χ0n) is 18.7. The maximum Gasteiger partial charge on any atom is 0.264 e. The molecule has 1 N–H and O–H groups in total. The number of hydrogen-bond donors (Lipinski definition) is 1. The molecule has 1 amide bonds. The van der Waals surface area contributed by atoms with Gasteiger partial charge in [0.05, 0.1) is 24.8 Å². The van der Waals surface area contributed by atoms with Crippen LogP contribution in [0, 0.1) is 18.8 Å². The van der Waals surface area contributed by atoms with Gasteiger partial charge in [-0.2, -0.15) is 0 Å². The molecule has 2 aliphatic carbocycles. The summed E-state index contributed by atoms with van der Waals surface area (Å²) < 4.78 is 38.9. The third kappa shape index (κ3) is 4.41. The highest BCUT2D eigenvalue weighted by Gasteiger charge is 2.40. The van der Waals surface area contributed by atoms with Crippen LogP contribution < -0.4 is 19.1 Å². The van der Waals surface area contributed by atoms with Gasteiger partial charge in [0.2, 0.25) is 5.91 Å². The topological polar surface area (TPSA) is 84.9 Å². The first-order valence-corrected chi connectivity index (χ1v) is 12.4. The van der Waals surface area contributed by atoms with Crippen molar-refractivity contribution in [1.82, 2.24) is 5.32 Å². The monoisotopic (exact) mass is 458 g/mol. The molecule has 4 rings (SSSR count). The van der Waals surface area contributed by atoms with Crippen molar-refractivity contribution in [2.75, 3.05) is 25.1 Å². The van der Waals surface area contributed by atoms with Crippen molar-refractivity contribution >= 4 is 21.6 Å². The van der Waals surface area contributed by atoms with Crippen molar-refractivity contribution < 1.29 is 22.7 Å². The second-order valence-corrected chi connectivity index (χ2v) is 10.6. The standard InChI is InChI=1S/C24H30N2O5S/c1-16-4-8-19(9-5-16)26(15-24(27)25-21-13-17-6-7-18(21)12-17)32(28,29)20-10-11-22(30-2)23(14-20)31-3/h4-5,8-11,14,17-18,21H,6-7,12-13,15H2,1-3H3,(H,25,27)/t17-,18-,21-/m0/s1. The van der Waals surface area contributed by atoms with Crippen LogP contribution in [0.25, 0.3) is 0 Å². The normalized spacial score (nSPS) is 21.9. The third-order valence-corrected chi connectivity index (χ3v) is 8.41. The molecule has 172 valence electrons. The smallest absolute Gasteiger partial charge is 0.264 e. The number of nitrogens with zero attached hydrogens (tertiary/aromatic N) is 1. The Hall–Kier alpha value is -2.74. The number of sulfonamides is 1. The first-order valence-electron chi connectivity index (χ1n) is 10.9. The van der Waals surface area contributed by atoms with Gasteiger partial charge >= 0.3 is 0 Å². The third-order valence-electron chi connectivity index (χ3n) is 6.64. The number of carbonyl (C=O) groups is 1. The van der Waals surface area contributed by atoms with Gasteiger partial charge in [-0.25, -0.2) is 8.42 Å². The van der Waals surface area contributed by atoms with E-state index < -0.39 is 10.0 Å². The second kappa shape index (κ2) is 9.02. The van der Waals surface area contributed by atoms with E-state index in [4.69, 9.17) is 9.47 Å². The fourth-order valence-electron chi connectivity index (χ4n) is 4.93. The highest BCUT2D eigenvalue weighted by Crippen LogP contribution is 2.44. The highest BCUT2D eigenvalue weighted by molar-refractivity contribution is 7.92. The lowest BCUT2D eigenvalue weighted by Crippen LogP contribution is -2.46. The zero-order valence-corrected chi connectivity index (χ0v) is 19.5. The summed E-state index contributed by atoms with van der Waals surface area (Å²) in [5.74, 6) is 1.66. The first-order chi connectivity index (χ1) is 15.3. The number of amides is 1. The fraction of sp³-hybridized carbons (Fsp3) is 0.458. The van der Waals surface area contributed by atoms with E-state index >= 15 is 0 Å². The lowest BCUT2D eigenvalue weighted by Gasteiger charge is -2.27. The van der Waals surface area contributed by atoms with Crippen LogP contribution in [0.15, 0.2) is 47.4 Å². The van der Waals surface area contributed by atoms with Crippen molar-refractivity contribution in [1.29, 1.82) is 0 Å². The van der Waals surface area contributed by atoms with Crippen molar-refractivity contribution in [3.8, 4) is 11.5 Å². The fourth-order valence-corrected chi connectivity index (χ4v) is 6.37. The summed E-state index contributed by atoms with van der Waals surface area (Å²) >= 11 is 0. The highest BCUT2D eigenvalue weighted by atomic mass is 32.2. The van der Waals surface area contributed by atoms with Gasteiger partial charge in [-0.05, 0) is 62.3 Å². The van der Waals surface area contributed by atoms with Crippen LogP contribution in [-0.4, -0.2) is 41.1 Å². The minimum Gasteiger partial charge on any atom is -0.493 e. The summed E-state index contributed by atoms with van der Waals surface area (Å²) in [5.41, 5.74) is 1.44. The molecule has 2 saturated carbocycles. The van der Waals surface area contributed by atoms with Crippen LogP contribution >= 0.6 is 0 Å². The number of fused-ring (bicyclic) bond motifs is 2. The average molecular weight is 459 g/mol. The van der Waals surface area contributed by atoms with E-state index in [1.807, 2.05) is 19.1 Å². The van der Waals surface area contributed by atoms with Crippen molar-refractivity contribution in [2.24, 2.45) is 11.8 Å². The second-order valence-electron chi connectivity index (χ2n) is 8.71. The van der Waals surface area contributed by atoms with E-state index in [-0.39, 0.29) is 23.4 Å². The number of methoxy groups -OCH3 is 2. The molecule has 0 aromatic heterocycles. The summed E-state index contributed by atoms with van der Waals surface area (Å²) in [6.45, 7) is 1.65. The number of carbonyl (C=O) groups excluding carboxylic acids is 1. The summed E-state index contributed by atoms with van der Waals surface area (Å²) in [7, 11) is -1.08. The molecule has 0 saturated heterocycles. The predicted molar refractivity (Wildman–Crippen MR) is 123 cm³/mol. The Balaban J connectivity index is 1.63. The molecule has 8 heteroatoms. The van der Waals surface area contributed by atoms with Crippen LogP contribution in [-0.2, 0) is 14.8 Å². The predicted octanol–water partition coefficient (Wildman–Crippen LogP) is 3.51. The van der Waals surface area contributed by atoms with Crippen LogP contribution in [0.4, 0.5) is 5.69 Å². The van der Waals surface area contributed by atoms with Crippen molar-refractivity contribution in [3.05, 3.63) is 48.0 Å². The first kappa shape index (κ1) is 22.5. The molecule has 0 aliphatic heterocycles. The number of rotatable bonds is 8. The Bertz CT molecular complexity index is 1080. The SMILES string of the molecule is COc1ccc(S(=O)(=O)N(CC(=O)N[C@H]2C[C@H]3CC[C@H]2C3)c2ccc(C)cc2)cc1OC. The summed E-state index contributed by atoms with van der Waals surface area (Å²) in [6, 6.07) is 11.7. The maximum absolute atomic E-state index is 13.6. The van der Waals surface area contributed by atoms with Gasteiger partial charge in [-0.1, -0.05) is 24.1 Å². The van der Waals surface area contributed by atoms with Gasteiger partial charge in [0.1, 0.15) is 6.54 Å². The Labute approximate surface area is 189 Å². The van der Waals surface area contributed by atoms with Crippen LogP contribution in [0.5, 0.6) is 11.5 Å². The molecule has 2 aromatic rings. The van der Waals surface area contributed by atoms with Crippen LogP contribution in [0.3, 0.4) is 0 Å². The average Bonchev–Trinajstić information content (AvgIpc) is 3.41. The molecule has 2 fully saturated rings. The molecular weight excluding hydrogens is 428 g/mol. The molecule has 32 heavy (non-hydrogen) atoms. The van der Waals surface area contributed by atoms with Gasteiger partial charge in [0.25, 0.3) is 10.0 Å². The number of aryl methyl sites for hydroxylation is 1. The van der Waals surface area contributed by atoms with E-state index in [2.05, 4.69) is 5.32 Å². The zero-order chi connectivity index (χ0) is 22.9. The Morgan fingerprint density at radius 1 is 1.03 bits per heavy atom. The summed E-state index contributed by atoms with van der Waals surface area (Å²) in [5, 5.41) is 3.10. The number of anilines is 1. The Morgan fingerprint density at radius 2 is 1.75 bits per heavy atom. The van der Waals surface area contributed by atoms with Gasteiger partial charge in [0, 0.05) is 12.1 Å². The van der Waals surface area contributed by atoms with E-state index in [1.165, 1.54) is 32.8 Å². The molecule has 0 spiro atoms. The number of nitrogens with one attached hydrogen (secondary N) is 1. The lowest BCUT2D eigenvalue weighted by atomic mass is 9.95. The molecule has 0 unspecified atom stereocenters. The molecule has 2 aromatic carbocycles. The maximum atomic E-state index is 13.6. The lowest BCUT2D eigenvalue weighted by molar-refractivity contribution is -0.120. The molecule has 0 radical (unpaired) electrons. The van der Waals surface area contributed by atoms with E-state index in [0.717, 1.165) is 29.1 Å². The van der Waals surface area contributed by atoms with E-state index in [0.29, 0.717) is 29.0 Å². The van der Waals surface area contributed by atoms with Crippen molar-refractivity contribution in [2.45, 2.75) is 43.5 Å². The Morgan fingerprint density at radius 3 is 2.34 bits per heavy atom. The number of ether oxygens (including phenoxy) is 2. The van der Waals surface area contributed by atoms with Crippen molar-refractivity contribution in [3.63, 3.8) is 0 Å². The van der Waals surface area contributed by atoms with Gasteiger partial charge in [0.15, 0.2) is 11.5 Å². The minimum atomic E-state index is -4.03. The van der Waals surface area contributed by atoms with Gasteiger partial charge in [-0.3, -0.25) is 9.10 Å². The molecule has 7 nitrogen and oxygen atoms in total. The summed E-state index contributed by atoms with van der Waals surface area (Å²) in [4.78, 5) is 13.0.